The van der Waals surface area contributed by atoms with Gasteiger partial charge in [-0.3, -0.25) is 4.48 Å². The SMILES string of the molecule is CCCCCCCCCC[N+](CCC)(CCC)c1ccccc1.[Cl-]. The van der Waals surface area contributed by atoms with Crippen LogP contribution in [0.25, 0.3) is 0 Å². The highest BCUT2D eigenvalue weighted by Crippen LogP contribution is 2.25. The molecule has 0 N–H and O–H groups in total. The number of para-hydroxylation sites is 1. The summed E-state index contributed by atoms with van der Waals surface area (Å²) < 4.78 is 1.20. The molecule has 0 unspecified atom stereocenters. The second-order valence-electron chi connectivity index (χ2n) is 7.13. The van der Waals surface area contributed by atoms with Crippen LogP contribution in [0.4, 0.5) is 5.69 Å². The maximum atomic E-state index is 2.34. The van der Waals surface area contributed by atoms with Crippen LogP contribution < -0.4 is 16.9 Å². The molecule has 0 spiro atoms. The number of quaternary nitrogens is 1. The first kappa shape index (κ1) is 23.5. The molecule has 24 heavy (non-hydrogen) atoms. The topological polar surface area (TPSA) is 0 Å². The molecule has 0 radical (unpaired) electrons. The Kier molecular flexibility index (Phi) is 14.5. The molecule has 0 saturated heterocycles. The van der Waals surface area contributed by atoms with Crippen LogP contribution in [0.2, 0.25) is 0 Å². The lowest BCUT2D eigenvalue weighted by Crippen LogP contribution is -3.00. The van der Waals surface area contributed by atoms with Crippen molar-refractivity contribution in [1.29, 1.82) is 0 Å². The minimum absolute atomic E-state index is 0. The molecular weight excluding hydrogens is 314 g/mol. The number of hydrogen-bond donors (Lipinski definition) is 0. The van der Waals surface area contributed by atoms with E-state index in [4.69, 9.17) is 0 Å². The molecule has 0 saturated carbocycles. The Balaban J connectivity index is 0.00000529. The first-order valence-electron chi connectivity index (χ1n) is 10.2. The van der Waals surface area contributed by atoms with Crippen LogP contribution in [-0.2, 0) is 0 Å². The normalized spacial score (nSPS) is 11.3. The molecule has 0 bridgehead atoms. The van der Waals surface area contributed by atoms with Gasteiger partial charge in [-0.15, -0.1) is 0 Å². The molecule has 0 aliphatic carbocycles. The van der Waals surface area contributed by atoms with E-state index >= 15 is 0 Å². The van der Waals surface area contributed by atoms with E-state index < -0.39 is 0 Å². The summed E-state index contributed by atoms with van der Waals surface area (Å²) in [6.07, 6.45) is 13.8. The van der Waals surface area contributed by atoms with Gasteiger partial charge in [0.1, 0.15) is 5.69 Å². The first-order valence-corrected chi connectivity index (χ1v) is 10.2. The van der Waals surface area contributed by atoms with Crippen LogP contribution in [0.15, 0.2) is 30.3 Å². The van der Waals surface area contributed by atoms with Crippen LogP contribution in [0.3, 0.4) is 0 Å². The molecular formula is C22H40ClN. The molecule has 0 aliphatic heterocycles. The van der Waals surface area contributed by atoms with E-state index in [9.17, 15) is 0 Å². The van der Waals surface area contributed by atoms with Gasteiger partial charge in [-0.1, -0.05) is 77.5 Å². The van der Waals surface area contributed by atoms with Gasteiger partial charge in [0.2, 0.25) is 0 Å². The molecule has 0 fully saturated rings. The summed E-state index contributed by atoms with van der Waals surface area (Å²) in [6, 6.07) is 11.3. The summed E-state index contributed by atoms with van der Waals surface area (Å²) in [6.45, 7) is 10.9. The highest BCUT2D eigenvalue weighted by Gasteiger charge is 2.27. The van der Waals surface area contributed by atoms with E-state index in [1.54, 1.807) is 0 Å². The Bertz CT molecular complexity index is 371. The van der Waals surface area contributed by atoms with E-state index in [0.717, 1.165) is 0 Å². The van der Waals surface area contributed by atoms with Gasteiger partial charge in [-0.05, 0) is 37.8 Å². The van der Waals surface area contributed by atoms with Crippen molar-refractivity contribution in [2.45, 2.75) is 85.0 Å². The fraction of sp³-hybridized carbons (Fsp3) is 0.727. The van der Waals surface area contributed by atoms with Crippen molar-refractivity contribution in [3.05, 3.63) is 30.3 Å². The number of benzene rings is 1. The minimum Gasteiger partial charge on any atom is -1.00 e. The monoisotopic (exact) mass is 353 g/mol. The summed E-state index contributed by atoms with van der Waals surface area (Å²) in [5.74, 6) is 0. The average Bonchev–Trinajstić information content (AvgIpc) is 2.58. The zero-order chi connectivity index (χ0) is 16.8. The van der Waals surface area contributed by atoms with Gasteiger partial charge in [-0.2, -0.15) is 0 Å². The third kappa shape index (κ3) is 8.53. The predicted molar refractivity (Wildman–Crippen MR) is 106 cm³/mol. The lowest BCUT2D eigenvalue weighted by molar-refractivity contribution is -0.00000510. The Hall–Kier alpha value is -0.530. The van der Waals surface area contributed by atoms with Crippen molar-refractivity contribution >= 4 is 5.69 Å². The van der Waals surface area contributed by atoms with E-state index in [2.05, 4.69) is 51.1 Å². The smallest absolute Gasteiger partial charge is 0.132 e. The highest BCUT2D eigenvalue weighted by atomic mass is 35.5. The fourth-order valence-corrected chi connectivity index (χ4v) is 3.87. The number of rotatable bonds is 14. The molecule has 1 rings (SSSR count). The van der Waals surface area contributed by atoms with Crippen LogP contribution in [0.1, 0.15) is 85.0 Å². The molecule has 0 amide bonds. The maximum absolute atomic E-state index is 2.34. The molecule has 1 aromatic carbocycles. The van der Waals surface area contributed by atoms with Crippen LogP contribution >= 0.6 is 0 Å². The Morgan fingerprint density at radius 1 is 0.583 bits per heavy atom. The van der Waals surface area contributed by atoms with E-state index in [1.807, 2.05) is 0 Å². The average molecular weight is 354 g/mol. The van der Waals surface area contributed by atoms with Crippen molar-refractivity contribution in [2.24, 2.45) is 0 Å². The summed E-state index contributed by atoms with van der Waals surface area (Å²) >= 11 is 0. The van der Waals surface area contributed by atoms with Gasteiger partial charge in [0, 0.05) is 0 Å². The summed E-state index contributed by atoms with van der Waals surface area (Å²) in [7, 11) is 0. The first-order chi connectivity index (χ1) is 11.3. The van der Waals surface area contributed by atoms with Crippen molar-refractivity contribution in [3.63, 3.8) is 0 Å². The van der Waals surface area contributed by atoms with E-state index in [0.29, 0.717) is 0 Å². The van der Waals surface area contributed by atoms with Crippen molar-refractivity contribution in [2.75, 3.05) is 19.6 Å². The Morgan fingerprint density at radius 2 is 1.08 bits per heavy atom. The summed E-state index contributed by atoms with van der Waals surface area (Å²) in [5, 5.41) is 0. The third-order valence-corrected chi connectivity index (χ3v) is 5.05. The molecule has 140 valence electrons. The molecule has 1 aromatic rings. The summed E-state index contributed by atoms with van der Waals surface area (Å²) in [5.41, 5.74) is 1.53. The van der Waals surface area contributed by atoms with Gasteiger partial charge in [-0.25, -0.2) is 0 Å². The summed E-state index contributed by atoms with van der Waals surface area (Å²) in [4.78, 5) is 0. The molecule has 2 heteroatoms. The highest BCUT2D eigenvalue weighted by molar-refractivity contribution is 5.42. The van der Waals surface area contributed by atoms with Crippen LogP contribution in [-0.4, -0.2) is 19.6 Å². The molecule has 0 aromatic heterocycles. The number of halogens is 1. The van der Waals surface area contributed by atoms with Gasteiger partial charge in [0.15, 0.2) is 0 Å². The number of hydrogen-bond acceptors (Lipinski definition) is 0. The molecule has 1 nitrogen and oxygen atoms in total. The minimum atomic E-state index is 0. The van der Waals surface area contributed by atoms with Gasteiger partial charge in [0.05, 0.1) is 19.6 Å². The molecule has 0 atom stereocenters. The van der Waals surface area contributed by atoms with Crippen LogP contribution in [0.5, 0.6) is 0 Å². The van der Waals surface area contributed by atoms with E-state index in [1.165, 1.54) is 94.0 Å². The third-order valence-electron chi connectivity index (χ3n) is 5.05. The predicted octanol–water partition coefficient (Wildman–Crippen LogP) is 3.96. The molecule has 0 heterocycles. The maximum Gasteiger partial charge on any atom is 0.132 e. The zero-order valence-electron chi connectivity index (χ0n) is 16.4. The van der Waals surface area contributed by atoms with Crippen molar-refractivity contribution in [3.8, 4) is 0 Å². The van der Waals surface area contributed by atoms with Gasteiger partial charge < -0.3 is 12.4 Å². The Morgan fingerprint density at radius 3 is 1.58 bits per heavy atom. The van der Waals surface area contributed by atoms with E-state index in [-0.39, 0.29) is 12.4 Å². The molecule has 0 aliphatic rings. The van der Waals surface area contributed by atoms with Gasteiger partial charge in [0.25, 0.3) is 0 Å². The second-order valence-corrected chi connectivity index (χ2v) is 7.13. The van der Waals surface area contributed by atoms with Crippen molar-refractivity contribution in [1.82, 2.24) is 4.48 Å². The fourth-order valence-electron chi connectivity index (χ4n) is 3.87. The van der Waals surface area contributed by atoms with Crippen molar-refractivity contribution < 1.29 is 12.4 Å². The lowest BCUT2D eigenvalue weighted by Gasteiger charge is -2.38. The quantitative estimate of drug-likeness (QED) is 0.351. The largest absolute Gasteiger partial charge is 1.00 e. The number of nitrogens with zero attached hydrogens (tertiary/aromatic N) is 1. The number of unbranched alkanes of at least 4 members (excludes halogenated alkanes) is 7. The zero-order valence-corrected chi connectivity index (χ0v) is 17.2. The van der Waals surface area contributed by atoms with Gasteiger partial charge >= 0.3 is 0 Å². The van der Waals surface area contributed by atoms with Crippen LogP contribution in [0, 0.1) is 0 Å². The Labute approximate surface area is 157 Å². The standard InChI is InChI=1S/C22H40N.ClH/c1-4-7-8-9-10-11-12-16-21-23(19-5-2,20-6-3)22-17-14-13-15-18-22;/h13-15,17-18H,4-12,16,19-21H2,1-3H3;1H/q+1;/p-1. The lowest BCUT2D eigenvalue weighted by atomic mass is 10.1. The second kappa shape index (κ2) is 14.8.